The molecule has 0 heterocycles. The van der Waals surface area contributed by atoms with Crippen LogP contribution in [-0.4, -0.2) is 13.2 Å². The molecule has 17 heavy (non-hydrogen) atoms. The normalized spacial score (nSPS) is 12.8. The summed E-state index contributed by atoms with van der Waals surface area (Å²) in [4.78, 5) is 0. The van der Waals surface area contributed by atoms with Crippen molar-refractivity contribution >= 4 is 0 Å². The van der Waals surface area contributed by atoms with Gasteiger partial charge in [0.1, 0.15) is 5.75 Å². The Balaban J connectivity index is 2.90. The van der Waals surface area contributed by atoms with E-state index in [2.05, 4.69) is 44.3 Å². The molecule has 0 bridgehead atoms. The van der Waals surface area contributed by atoms with Crippen LogP contribution < -0.4 is 10.1 Å². The van der Waals surface area contributed by atoms with Crippen LogP contribution in [-0.2, 0) is 0 Å². The van der Waals surface area contributed by atoms with Gasteiger partial charge in [0.25, 0.3) is 0 Å². The van der Waals surface area contributed by atoms with Gasteiger partial charge in [-0.3, -0.25) is 0 Å². The molecule has 0 aliphatic rings. The largest absolute Gasteiger partial charge is 0.490 e. The molecule has 1 aromatic carbocycles. The average Bonchev–Trinajstić information content (AvgIpc) is 2.39. The number of para-hydroxylation sites is 1. The molecule has 0 radical (unpaired) electrons. The molecule has 0 amide bonds. The van der Waals surface area contributed by atoms with Crippen molar-refractivity contribution in [2.45, 2.75) is 52.2 Å². The Morgan fingerprint density at radius 1 is 1.06 bits per heavy atom. The van der Waals surface area contributed by atoms with Gasteiger partial charge in [-0.05, 0) is 32.4 Å². The minimum absolute atomic E-state index is 0.325. The average molecular weight is 235 g/mol. The number of hydrogen-bond donors (Lipinski definition) is 1. The highest BCUT2D eigenvalue weighted by Crippen LogP contribution is 2.28. The lowest BCUT2D eigenvalue weighted by Crippen LogP contribution is -2.19. The van der Waals surface area contributed by atoms with Crippen LogP contribution in [0.25, 0.3) is 0 Å². The third kappa shape index (κ3) is 3.74. The van der Waals surface area contributed by atoms with Gasteiger partial charge in [-0.1, -0.05) is 39.0 Å². The molecule has 2 nitrogen and oxygen atoms in total. The van der Waals surface area contributed by atoms with Crippen LogP contribution in [0.5, 0.6) is 5.75 Å². The highest BCUT2D eigenvalue weighted by atomic mass is 16.5. The van der Waals surface area contributed by atoms with Crippen LogP contribution >= 0.6 is 0 Å². The first-order chi connectivity index (χ1) is 8.26. The predicted molar refractivity (Wildman–Crippen MR) is 73.5 cm³/mol. The topological polar surface area (TPSA) is 21.3 Å². The molecule has 1 N–H and O–H groups in total. The van der Waals surface area contributed by atoms with Crippen LogP contribution in [0.2, 0.25) is 0 Å². The first kappa shape index (κ1) is 14.0. The third-order valence-corrected chi connectivity index (χ3v) is 3.26. The minimum Gasteiger partial charge on any atom is -0.490 e. The minimum atomic E-state index is 0.325. The number of nitrogens with one attached hydrogen (secondary N) is 1. The summed E-state index contributed by atoms with van der Waals surface area (Å²) in [5.41, 5.74) is 1.27. The summed E-state index contributed by atoms with van der Waals surface area (Å²) < 4.78 is 6.09. The summed E-state index contributed by atoms with van der Waals surface area (Å²) in [6.45, 7) is 6.54. The van der Waals surface area contributed by atoms with Crippen molar-refractivity contribution in [3.63, 3.8) is 0 Å². The first-order valence-corrected chi connectivity index (χ1v) is 6.69. The van der Waals surface area contributed by atoms with E-state index in [1.54, 1.807) is 0 Å². The van der Waals surface area contributed by atoms with E-state index in [1.165, 1.54) is 5.56 Å². The van der Waals surface area contributed by atoms with Crippen molar-refractivity contribution in [3.8, 4) is 5.75 Å². The Kier molecular flexibility index (Phi) is 6.06. The number of hydrogen-bond acceptors (Lipinski definition) is 2. The number of benzene rings is 1. The SMILES string of the molecule is CCC(CC)Oc1ccccc1C(CC)NC. The fraction of sp³-hybridized carbons (Fsp3) is 0.600. The van der Waals surface area contributed by atoms with Gasteiger partial charge in [-0.15, -0.1) is 0 Å². The molecule has 0 spiro atoms. The van der Waals surface area contributed by atoms with Crippen LogP contribution in [0.3, 0.4) is 0 Å². The zero-order chi connectivity index (χ0) is 12.7. The number of ether oxygens (including phenoxy) is 1. The standard InChI is InChI=1S/C15H25NO/c1-5-12(6-2)17-15-11-9-8-10-13(15)14(7-3)16-4/h8-12,14,16H,5-7H2,1-4H3. The van der Waals surface area contributed by atoms with Crippen LogP contribution in [0, 0.1) is 0 Å². The quantitative estimate of drug-likeness (QED) is 0.773. The molecule has 0 saturated heterocycles. The Morgan fingerprint density at radius 2 is 1.71 bits per heavy atom. The second-order valence-electron chi connectivity index (χ2n) is 4.34. The van der Waals surface area contributed by atoms with Crippen molar-refractivity contribution in [2.75, 3.05) is 7.05 Å². The highest BCUT2D eigenvalue weighted by Gasteiger charge is 2.14. The van der Waals surface area contributed by atoms with E-state index in [9.17, 15) is 0 Å². The molecular weight excluding hydrogens is 210 g/mol. The Labute approximate surface area is 105 Å². The molecule has 1 atom stereocenters. The van der Waals surface area contributed by atoms with Crippen molar-refractivity contribution < 1.29 is 4.74 Å². The molecule has 0 fully saturated rings. The van der Waals surface area contributed by atoms with Crippen molar-refractivity contribution in [1.29, 1.82) is 0 Å². The molecule has 1 rings (SSSR count). The van der Waals surface area contributed by atoms with Gasteiger partial charge in [-0.25, -0.2) is 0 Å². The van der Waals surface area contributed by atoms with Gasteiger partial charge in [0.15, 0.2) is 0 Å². The monoisotopic (exact) mass is 235 g/mol. The van der Waals surface area contributed by atoms with E-state index < -0.39 is 0 Å². The Hall–Kier alpha value is -1.02. The van der Waals surface area contributed by atoms with E-state index >= 15 is 0 Å². The van der Waals surface area contributed by atoms with Gasteiger partial charge >= 0.3 is 0 Å². The molecule has 0 aliphatic carbocycles. The van der Waals surface area contributed by atoms with E-state index in [0.717, 1.165) is 25.0 Å². The fourth-order valence-electron chi connectivity index (χ4n) is 2.09. The van der Waals surface area contributed by atoms with E-state index in [0.29, 0.717) is 12.1 Å². The second-order valence-corrected chi connectivity index (χ2v) is 4.34. The van der Waals surface area contributed by atoms with E-state index in [1.807, 2.05) is 13.1 Å². The van der Waals surface area contributed by atoms with Gasteiger partial charge in [0.2, 0.25) is 0 Å². The van der Waals surface area contributed by atoms with Crippen LogP contribution in [0.1, 0.15) is 51.6 Å². The lowest BCUT2D eigenvalue weighted by Gasteiger charge is -2.22. The molecule has 96 valence electrons. The van der Waals surface area contributed by atoms with Gasteiger partial charge < -0.3 is 10.1 Å². The highest BCUT2D eigenvalue weighted by molar-refractivity contribution is 5.36. The predicted octanol–water partition coefficient (Wildman–Crippen LogP) is 3.92. The van der Waals surface area contributed by atoms with Crippen molar-refractivity contribution in [2.24, 2.45) is 0 Å². The van der Waals surface area contributed by atoms with Gasteiger partial charge in [0, 0.05) is 11.6 Å². The van der Waals surface area contributed by atoms with Crippen molar-refractivity contribution in [1.82, 2.24) is 5.32 Å². The third-order valence-electron chi connectivity index (χ3n) is 3.26. The Morgan fingerprint density at radius 3 is 2.24 bits per heavy atom. The maximum atomic E-state index is 6.09. The van der Waals surface area contributed by atoms with Crippen molar-refractivity contribution in [3.05, 3.63) is 29.8 Å². The summed E-state index contributed by atoms with van der Waals surface area (Å²) in [5.74, 6) is 1.03. The van der Waals surface area contributed by atoms with Gasteiger partial charge in [0.05, 0.1) is 6.10 Å². The summed E-state index contributed by atoms with van der Waals surface area (Å²) in [7, 11) is 2.00. The maximum Gasteiger partial charge on any atom is 0.124 e. The molecule has 1 aromatic rings. The molecular formula is C15H25NO. The number of rotatable bonds is 7. The lowest BCUT2D eigenvalue weighted by atomic mass is 10.0. The molecule has 2 heteroatoms. The summed E-state index contributed by atoms with van der Waals surface area (Å²) >= 11 is 0. The Bertz CT molecular complexity index is 316. The second kappa shape index (κ2) is 7.33. The van der Waals surface area contributed by atoms with Crippen LogP contribution in [0.4, 0.5) is 0 Å². The first-order valence-electron chi connectivity index (χ1n) is 6.69. The lowest BCUT2D eigenvalue weighted by molar-refractivity contribution is 0.189. The zero-order valence-corrected chi connectivity index (χ0v) is 11.5. The van der Waals surface area contributed by atoms with E-state index in [4.69, 9.17) is 4.74 Å². The molecule has 0 aliphatic heterocycles. The van der Waals surface area contributed by atoms with E-state index in [-0.39, 0.29) is 0 Å². The molecule has 1 unspecified atom stereocenters. The van der Waals surface area contributed by atoms with Crippen LogP contribution in [0.15, 0.2) is 24.3 Å². The smallest absolute Gasteiger partial charge is 0.124 e. The van der Waals surface area contributed by atoms with Gasteiger partial charge in [-0.2, -0.15) is 0 Å². The zero-order valence-electron chi connectivity index (χ0n) is 11.5. The molecule has 0 aromatic heterocycles. The molecule has 0 saturated carbocycles. The summed E-state index contributed by atoms with van der Waals surface area (Å²) in [6, 6.07) is 8.73. The fourth-order valence-corrected chi connectivity index (χ4v) is 2.09. The summed E-state index contributed by atoms with van der Waals surface area (Å²) in [6.07, 6.45) is 3.51. The summed E-state index contributed by atoms with van der Waals surface area (Å²) in [5, 5.41) is 3.34. The maximum absolute atomic E-state index is 6.09.